The first-order valence-electron chi connectivity index (χ1n) is 5.86. The lowest BCUT2D eigenvalue weighted by atomic mass is 10.1. The minimum Gasteiger partial charge on any atom is -0.399 e. The van der Waals surface area contributed by atoms with Crippen LogP contribution in [0.25, 0.3) is 0 Å². The molecular formula is C13H14BrN3O. The number of carbonyl (C=O) groups excluding carboxylic acids is 1. The number of benzene rings is 1. The molecule has 0 spiro atoms. The van der Waals surface area contributed by atoms with Gasteiger partial charge in [-0.2, -0.15) is 5.26 Å². The van der Waals surface area contributed by atoms with E-state index in [0.29, 0.717) is 11.3 Å². The molecule has 1 fully saturated rings. The van der Waals surface area contributed by atoms with E-state index in [0.717, 1.165) is 23.7 Å². The van der Waals surface area contributed by atoms with E-state index in [1.807, 2.05) is 0 Å². The van der Waals surface area contributed by atoms with Crippen molar-refractivity contribution in [3.63, 3.8) is 0 Å². The van der Waals surface area contributed by atoms with Crippen LogP contribution >= 0.6 is 15.9 Å². The molecule has 2 unspecified atom stereocenters. The van der Waals surface area contributed by atoms with Crippen molar-refractivity contribution in [2.24, 2.45) is 5.92 Å². The number of carbonyl (C=O) groups is 1. The second-order valence-electron chi connectivity index (χ2n) is 4.52. The minimum absolute atomic E-state index is 0.0392. The van der Waals surface area contributed by atoms with Gasteiger partial charge >= 0.3 is 0 Å². The number of hydrogen-bond acceptors (Lipinski definition) is 3. The summed E-state index contributed by atoms with van der Waals surface area (Å²) in [6, 6.07) is 7.31. The third kappa shape index (κ3) is 2.82. The lowest BCUT2D eigenvalue weighted by Gasteiger charge is -2.15. The van der Waals surface area contributed by atoms with Gasteiger partial charge in [-0.15, -0.1) is 0 Å². The Balaban J connectivity index is 2.10. The van der Waals surface area contributed by atoms with Crippen molar-refractivity contribution in [2.75, 3.05) is 5.73 Å². The van der Waals surface area contributed by atoms with Crippen molar-refractivity contribution in [3.8, 4) is 6.07 Å². The highest BCUT2D eigenvalue weighted by Gasteiger charge is 2.28. The van der Waals surface area contributed by atoms with E-state index in [2.05, 4.69) is 27.3 Å². The van der Waals surface area contributed by atoms with Crippen LogP contribution < -0.4 is 11.1 Å². The molecule has 18 heavy (non-hydrogen) atoms. The van der Waals surface area contributed by atoms with Crippen molar-refractivity contribution in [1.82, 2.24) is 5.32 Å². The number of nitrogens with one attached hydrogen (secondary N) is 1. The number of nitrogens with two attached hydrogens (primary N) is 1. The number of halogens is 1. The van der Waals surface area contributed by atoms with Gasteiger partial charge in [0.1, 0.15) is 0 Å². The third-order valence-electron chi connectivity index (χ3n) is 3.18. The zero-order valence-corrected chi connectivity index (χ0v) is 11.4. The Labute approximate surface area is 114 Å². The maximum Gasteiger partial charge on any atom is 0.251 e. The van der Waals surface area contributed by atoms with Gasteiger partial charge in [-0.1, -0.05) is 15.9 Å². The van der Waals surface area contributed by atoms with Crippen LogP contribution in [-0.2, 0) is 0 Å². The maximum atomic E-state index is 12.1. The average Bonchev–Trinajstić information content (AvgIpc) is 2.75. The summed E-state index contributed by atoms with van der Waals surface area (Å²) in [5, 5.41) is 11.9. The van der Waals surface area contributed by atoms with Crippen molar-refractivity contribution in [1.29, 1.82) is 5.26 Å². The van der Waals surface area contributed by atoms with Crippen molar-refractivity contribution < 1.29 is 4.79 Å². The van der Waals surface area contributed by atoms with Crippen molar-refractivity contribution in [2.45, 2.75) is 25.3 Å². The monoisotopic (exact) mass is 307 g/mol. The normalized spacial score (nSPS) is 22.4. The molecule has 0 aliphatic heterocycles. The van der Waals surface area contributed by atoms with Gasteiger partial charge < -0.3 is 11.1 Å². The van der Waals surface area contributed by atoms with Crippen LogP contribution in [0.3, 0.4) is 0 Å². The van der Waals surface area contributed by atoms with Gasteiger partial charge in [-0.3, -0.25) is 4.79 Å². The maximum absolute atomic E-state index is 12.1. The summed E-state index contributed by atoms with van der Waals surface area (Å²) >= 11 is 3.31. The zero-order valence-electron chi connectivity index (χ0n) is 9.82. The summed E-state index contributed by atoms with van der Waals surface area (Å²) in [7, 11) is 0. The topological polar surface area (TPSA) is 78.9 Å². The molecule has 2 atom stereocenters. The summed E-state index contributed by atoms with van der Waals surface area (Å²) in [5.74, 6) is -0.242. The van der Waals surface area contributed by atoms with Gasteiger partial charge in [0.2, 0.25) is 0 Å². The highest BCUT2D eigenvalue weighted by atomic mass is 79.9. The van der Waals surface area contributed by atoms with Crippen molar-refractivity contribution in [3.05, 3.63) is 28.2 Å². The summed E-state index contributed by atoms with van der Waals surface area (Å²) in [4.78, 5) is 12.1. The molecule has 0 saturated heterocycles. The number of anilines is 1. The molecule has 0 heterocycles. The molecule has 0 aromatic heterocycles. The lowest BCUT2D eigenvalue weighted by Crippen LogP contribution is -2.36. The van der Waals surface area contributed by atoms with Crippen LogP contribution in [0.15, 0.2) is 22.7 Å². The first-order valence-corrected chi connectivity index (χ1v) is 6.66. The van der Waals surface area contributed by atoms with Crippen LogP contribution in [-0.4, -0.2) is 11.9 Å². The number of hydrogen-bond donors (Lipinski definition) is 2. The molecule has 1 aromatic rings. The lowest BCUT2D eigenvalue weighted by molar-refractivity contribution is 0.0933. The molecule has 2 rings (SSSR count). The molecule has 0 bridgehead atoms. The van der Waals surface area contributed by atoms with Gasteiger partial charge in [0.15, 0.2) is 0 Å². The SMILES string of the molecule is N#CC1CCCC1NC(=O)c1cc(N)cc(Br)c1. The Morgan fingerprint density at radius 2 is 2.22 bits per heavy atom. The minimum atomic E-state index is -0.171. The van der Waals surface area contributed by atoms with Gasteiger partial charge in [0.25, 0.3) is 5.91 Å². The highest BCUT2D eigenvalue weighted by Crippen LogP contribution is 2.25. The molecule has 1 aromatic carbocycles. The number of nitriles is 1. The van der Waals surface area contributed by atoms with E-state index in [9.17, 15) is 4.79 Å². The van der Waals surface area contributed by atoms with E-state index in [4.69, 9.17) is 11.0 Å². The summed E-state index contributed by atoms with van der Waals surface area (Å²) in [5.41, 5.74) is 6.76. The Hall–Kier alpha value is -1.54. The fourth-order valence-electron chi connectivity index (χ4n) is 2.28. The first-order chi connectivity index (χ1) is 8.60. The zero-order chi connectivity index (χ0) is 13.1. The average molecular weight is 308 g/mol. The molecular weight excluding hydrogens is 294 g/mol. The molecule has 94 valence electrons. The van der Waals surface area contributed by atoms with Gasteiger partial charge in [-0.05, 0) is 37.5 Å². The number of rotatable bonds is 2. The second-order valence-corrected chi connectivity index (χ2v) is 5.44. The second kappa shape index (κ2) is 5.40. The van der Waals surface area contributed by atoms with Crippen LogP contribution in [0.4, 0.5) is 5.69 Å². The number of amides is 1. The van der Waals surface area contributed by atoms with Gasteiger partial charge in [-0.25, -0.2) is 0 Å². The molecule has 1 aliphatic carbocycles. The fraction of sp³-hybridized carbons (Fsp3) is 0.385. The van der Waals surface area contributed by atoms with E-state index < -0.39 is 0 Å². The van der Waals surface area contributed by atoms with E-state index >= 15 is 0 Å². The quantitative estimate of drug-likeness (QED) is 0.824. The highest BCUT2D eigenvalue weighted by molar-refractivity contribution is 9.10. The standard InChI is InChI=1S/C13H14BrN3O/c14-10-4-9(5-11(16)6-10)13(18)17-12-3-1-2-8(12)7-15/h4-6,8,12H,1-3,16H2,(H,17,18). The van der Waals surface area contributed by atoms with Crippen LogP contribution in [0.2, 0.25) is 0 Å². The molecule has 0 radical (unpaired) electrons. The molecule has 1 amide bonds. The number of nitrogens with zero attached hydrogens (tertiary/aromatic N) is 1. The van der Waals surface area contributed by atoms with E-state index in [-0.39, 0.29) is 17.9 Å². The summed E-state index contributed by atoms with van der Waals surface area (Å²) < 4.78 is 0.774. The van der Waals surface area contributed by atoms with Gasteiger partial charge in [0.05, 0.1) is 12.0 Å². The summed E-state index contributed by atoms with van der Waals surface area (Å²) in [6.07, 6.45) is 2.72. The van der Waals surface area contributed by atoms with Crippen LogP contribution in [0.1, 0.15) is 29.6 Å². The predicted molar refractivity (Wildman–Crippen MR) is 72.8 cm³/mol. The van der Waals surface area contributed by atoms with E-state index in [1.165, 1.54) is 0 Å². The van der Waals surface area contributed by atoms with Crippen LogP contribution in [0.5, 0.6) is 0 Å². The Morgan fingerprint density at radius 1 is 1.44 bits per heavy atom. The Bertz CT molecular complexity index is 489. The fourth-order valence-corrected chi connectivity index (χ4v) is 2.79. The number of nitrogen functional groups attached to an aromatic ring is 1. The Morgan fingerprint density at radius 3 is 2.89 bits per heavy atom. The molecule has 1 saturated carbocycles. The molecule has 5 heteroatoms. The molecule has 4 nitrogen and oxygen atoms in total. The predicted octanol–water partition coefficient (Wildman–Crippen LogP) is 2.45. The van der Waals surface area contributed by atoms with E-state index in [1.54, 1.807) is 18.2 Å². The third-order valence-corrected chi connectivity index (χ3v) is 3.64. The Kier molecular flexibility index (Phi) is 3.87. The first kappa shape index (κ1) is 12.9. The molecule has 3 N–H and O–H groups in total. The largest absolute Gasteiger partial charge is 0.399 e. The van der Waals surface area contributed by atoms with Gasteiger partial charge in [0, 0.05) is 21.8 Å². The smallest absolute Gasteiger partial charge is 0.251 e. The molecule has 1 aliphatic rings. The van der Waals surface area contributed by atoms with Crippen molar-refractivity contribution >= 4 is 27.5 Å². The summed E-state index contributed by atoms with van der Waals surface area (Å²) in [6.45, 7) is 0. The van der Waals surface area contributed by atoms with Crippen LogP contribution in [0, 0.1) is 17.2 Å².